The highest BCUT2D eigenvalue weighted by atomic mass is 35.5. The van der Waals surface area contributed by atoms with Crippen LogP contribution in [-0.4, -0.2) is 41.3 Å². The number of nitrogens with zero attached hydrogens (tertiary/aromatic N) is 4. The van der Waals surface area contributed by atoms with Gasteiger partial charge in [-0.15, -0.1) is 0 Å². The van der Waals surface area contributed by atoms with Gasteiger partial charge < -0.3 is 20.3 Å². The van der Waals surface area contributed by atoms with Crippen molar-refractivity contribution in [3.8, 4) is 0 Å². The molecule has 10 heteroatoms. The maximum absolute atomic E-state index is 13.4. The van der Waals surface area contributed by atoms with Crippen LogP contribution in [0.15, 0.2) is 42.5 Å². The van der Waals surface area contributed by atoms with Crippen LogP contribution in [0.1, 0.15) is 0 Å². The molecule has 0 radical (unpaired) electrons. The average Bonchev–Trinajstić information content (AvgIpc) is 2.73. The lowest BCUT2D eigenvalue weighted by Gasteiger charge is -2.27. The van der Waals surface area contributed by atoms with Gasteiger partial charge in [0.25, 0.3) is 0 Å². The molecule has 29 heavy (non-hydrogen) atoms. The molecule has 0 saturated carbocycles. The van der Waals surface area contributed by atoms with Crippen LogP contribution < -0.4 is 15.5 Å². The van der Waals surface area contributed by atoms with E-state index in [1.165, 1.54) is 30.3 Å². The van der Waals surface area contributed by atoms with E-state index in [9.17, 15) is 8.78 Å². The summed E-state index contributed by atoms with van der Waals surface area (Å²) in [4.78, 5) is 15.3. The van der Waals surface area contributed by atoms with Crippen molar-refractivity contribution in [2.24, 2.45) is 0 Å². The number of ether oxygens (including phenoxy) is 1. The first-order valence-corrected chi connectivity index (χ1v) is 9.28. The number of nitrogens with one attached hydrogen (secondary N) is 2. The molecule has 0 amide bonds. The molecule has 0 bridgehead atoms. The monoisotopic (exact) mass is 418 g/mol. The van der Waals surface area contributed by atoms with Crippen LogP contribution in [0.5, 0.6) is 0 Å². The van der Waals surface area contributed by atoms with Gasteiger partial charge in [-0.05, 0) is 42.5 Å². The van der Waals surface area contributed by atoms with Crippen molar-refractivity contribution in [1.29, 1.82) is 0 Å². The molecule has 150 valence electrons. The van der Waals surface area contributed by atoms with Gasteiger partial charge in [-0.3, -0.25) is 0 Å². The summed E-state index contributed by atoms with van der Waals surface area (Å²) in [7, 11) is 0. The Morgan fingerprint density at radius 3 is 2.14 bits per heavy atom. The van der Waals surface area contributed by atoms with Crippen molar-refractivity contribution in [3.63, 3.8) is 0 Å². The summed E-state index contributed by atoms with van der Waals surface area (Å²) in [5, 5.41) is 6.05. The number of morpholine rings is 1. The molecule has 1 fully saturated rings. The number of anilines is 5. The van der Waals surface area contributed by atoms with Crippen LogP contribution in [0, 0.1) is 11.6 Å². The molecule has 2 aromatic carbocycles. The fourth-order valence-corrected chi connectivity index (χ4v) is 2.93. The lowest BCUT2D eigenvalue weighted by Crippen LogP contribution is -2.37. The van der Waals surface area contributed by atoms with E-state index in [4.69, 9.17) is 16.3 Å². The summed E-state index contributed by atoms with van der Waals surface area (Å²) < 4.78 is 32.0. The van der Waals surface area contributed by atoms with Gasteiger partial charge in [0.1, 0.15) is 11.6 Å². The van der Waals surface area contributed by atoms with E-state index in [1.807, 2.05) is 4.90 Å². The van der Waals surface area contributed by atoms with Crippen LogP contribution in [0.25, 0.3) is 0 Å². The smallest absolute Gasteiger partial charge is 0.233 e. The fourth-order valence-electron chi connectivity index (χ4n) is 2.75. The molecule has 1 aromatic heterocycles. The fraction of sp³-hybridized carbons (Fsp3) is 0.211. The molecular formula is C19H17ClF2N6O. The Labute approximate surface area is 170 Å². The van der Waals surface area contributed by atoms with E-state index in [0.29, 0.717) is 43.6 Å². The molecule has 4 rings (SSSR count). The average molecular weight is 419 g/mol. The highest BCUT2D eigenvalue weighted by molar-refractivity contribution is 6.31. The van der Waals surface area contributed by atoms with Gasteiger partial charge in [0.05, 0.1) is 18.2 Å². The summed E-state index contributed by atoms with van der Waals surface area (Å²) in [5.41, 5.74) is 1.16. The summed E-state index contributed by atoms with van der Waals surface area (Å²) >= 11 is 5.85. The molecule has 2 heterocycles. The van der Waals surface area contributed by atoms with Gasteiger partial charge in [-0.25, -0.2) is 8.78 Å². The highest BCUT2D eigenvalue weighted by Crippen LogP contribution is 2.24. The van der Waals surface area contributed by atoms with E-state index in [2.05, 4.69) is 25.6 Å². The zero-order valence-electron chi connectivity index (χ0n) is 15.2. The highest BCUT2D eigenvalue weighted by Gasteiger charge is 2.17. The summed E-state index contributed by atoms with van der Waals surface area (Å²) in [5.74, 6) is 0.150. The van der Waals surface area contributed by atoms with Crippen LogP contribution >= 0.6 is 11.6 Å². The molecule has 0 aliphatic carbocycles. The first-order valence-electron chi connectivity index (χ1n) is 8.90. The molecule has 1 aliphatic heterocycles. The minimum absolute atomic E-state index is 0.0119. The summed E-state index contributed by atoms with van der Waals surface area (Å²) in [6.07, 6.45) is 0. The number of hydrogen-bond acceptors (Lipinski definition) is 7. The maximum Gasteiger partial charge on any atom is 0.233 e. The molecule has 0 atom stereocenters. The quantitative estimate of drug-likeness (QED) is 0.645. The maximum atomic E-state index is 13.4. The number of aromatic nitrogens is 3. The molecule has 2 N–H and O–H groups in total. The topological polar surface area (TPSA) is 75.2 Å². The Morgan fingerprint density at radius 1 is 0.862 bits per heavy atom. The van der Waals surface area contributed by atoms with Crippen molar-refractivity contribution in [1.82, 2.24) is 15.0 Å². The number of benzene rings is 2. The molecule has 0 spiro atoms. The van der Waals surface area contributed by atoms with Crippen LogP contribution in [-0.2, 0) is 4.74 Å². The number of hydrogen-bond donors (Lipinski definition) is 2. The number of rotatable bonds is 5. The van der Waals surface area contributed by atoms with E-state index in [1.54, 1.807) is 12.1 Å². The second-order valence-electron chi connectivity index (χ2n) is 6.27. The molecule has 7 nitrogen and oxygen atoms in total. The largest absolute Gasteiger partial charge is 0.378 e. The van der Waals surface area contributed by atoms with Crippen molar-refractivity contribution in [3.05, 3.63) is 59.1 Å². The molecule has 1 saturated heterocycles. The van der Waals surface area contributed by atoms with Crippen molar-refractivity contribution >= 4 is 40.8 Å². The van der Waals surface area contributed by atoms with Gasteiger partial charge in [0.15, 0.2) is 0 Å². The lowest BCUT2D eigenvalue weighted by atomic mass is 10.3. The van der Waals surface area contributed by atoms with Gasteiger partial charge >= 0.3 is 0 Å². The van der Waals surface area contributed by atoms with Crippen molar-refractivity contribution < 1.29 is 13.5 Å². The third-order valence-electron chi connectivity index (χ3n) is 4.19. The first-order chi connectivity index (χ1) is 14.1. The number of halogens is 3. The minimum Gasteiger partial charge on any atom is -0.378 e. The normalized spacial score (nSPS) is 14.0. The zero-order chi connectivity index (χ0) is 20.2. The van der Waals surface area contributed by atoms with E-state index >= 15 is 0 Å². The van der Waals surface area contributed by atoms with Gasteiger partial charge in [0.2, 0.25) is 17.8 Å². The Balaban J connectivity index is 1.64. The zero-order valence-corrected chi connectivity index (χ0v) is 16.0. The second-order valence-corrected chi connectivity index (χ2v) is 6.68. The van der Waals surface area contributed by atoms with Gasteiger partial charge in [-0.1, -0.05) is 11.6 Å². The Morgan fingerprint density at radius 2 is 1.48 bits per heavy atom. The van der Waals surface area contributed by atoms with E-state index < -0.39 is 5.82 Å². The molecule has 0 unspecified atom stereocenters. The molecule has 3 aromatic rings. The first kappa shape index (κ1) is 19.3. The predicted molar refractivity (Wildman–Crippen MR) is 107 cm³/mol. The van der Waals surface area contributed by atoms with Crippen molar-refractivity contribution in [2.45, 2.75) is 0 Å². The van der Waals surface area contributed by atoms with Gasteiger partial charge in [-0.2, -0.15) is 15.0 Å². The predicted octanol–water partition coefficient (Wildman–Crippen LogP) is 4.13. The summed E-state index contributed by atoms with van der Waals surface area (Å²) in [6, 6.07) is 10.1. The Hall–Kier alpha value is -3.04. The summed E-state index contributed by atoms with van der Waals surface area (Å²) in [6.45, 7) is 2.43. The lowest BCUT2D eigenvalue weighted by molar-refractivity contribution is 0.122. The third-order valence-corrected chi connectivity index (χ3v) is 4.48. The third kappa shape index (κ3) is 4.87. The van der Waals surface area contributed by atoms with Crippen molar-refractivity contribution in [2.75, 3.05) is 41.8 Å². The van der Waals surface area contributed by atoms with E-state index in [0.717, 1.165) is 0 Å². The second kappa shape index (κ2) is 8.54. The van der Waals surface area contributed by atoms with Crippen LogP contribution in [0.4, 0.5) is 38.0 Å². The SMILES string of the molecule is Fc1ccc(Nc2nc(Nc3ccc(F)c(Cl)c3)nc(N3CCOCC3)n2)cc1. The van der Waals surface area contributed by atoms with Crippen LogP contribution in [0.3, 0.4) is 0 Å². The standard InChI is InChI=1S/C19H17ClF2N6O/c20-15-11-14(5-6-16(15)22)24-18-25-17(23-13-3-1-12(21)2-4-13)26-19(27-18)28-7-9-29-10-8-28/h1-6,11H,7-10H2,(H2,23,24,25,26,27). The minimum atomic E-state index is -0.513. The molecule has 1 aliphatic rings. The van der Waals surface area contributed by atoms with Crippen LogP contribution in [0.2, 0.25) is 5.02 Å². The van der Waals surface area contributed by atoms with E-state index in [-0.39, 0.29) is 22.7 Å². The Kier molecular flexibility index (Phi) is 5.68. The Bertz CT molecular complexity index is 998. The molecular weight excluding hydrogens is 402 g/mol. The van der Waals surface area contributed by atoms with Gasteiger partial charge in [0, 0.05) is 24.5 Å².